The molecule has 0 saturated carbocycles. The summed E-state index contributed by atoms with van der Waals surface area (Å²) in [4.78, 5) is 2.19. The van der Waals surface area contributed by atoms with Gasteiger partial charge >= 0.3 is 0 Å². The van der Waals surface area contributed by atoms with E-state index in [1.54, 1.807) is 6.07 Å². The summed E-state index contributed by atoms with van der Waals surface area (Å²) in [5, 5.41) is 9.72. The molecule has 2 atom stereocenters. The molecule has 1 fully saturated rings. The highest BCUT2D eigenvalue weighted by Crippen LogP contribution is 2.34. The topological polar surface area (TPSA) is 49.5 Å². The van der Waals surface area contributed by atoms with Crippen molar-refractivity contribution in [3.63, 3.8) is 0 Å². The fourth-order valence-electron chi connectivity index (χ4n) is 2.18. The average molecular weight is 192 g/mol. The zero-order valence-electron chi connectivity index (χ0n) is 8.35. The highest BCUT2D eigenvalue weighted by molar-refractivity contribution is 5.36. The molecular weight excluding hydrogens is 176 g/mol. The van der Waals surface area contributed by atoms with E-state index in [4.69, 9.17) is 5.73 Å². The minimum Gasteiger partial charge on any atom is -0.508 e. The second kappa shape index (κ2) is 3.59. The van der Waals surface area contributed by atoms with Gasteiger partial charge in [-0.05, 0) is 19.5 Å². The SMILES string of the molecule is CN1CCC(N)C1c1ccccc1O. The Hall–Kier alpha value is -1.06. The van der Waals surface area contributed by atoms with Crippen LogP contribution in [0.5, 0.6) is 5.75 Å². The second-order valence-corrected chi connectivity index (χ2v) is 3.94. The minimum absolute atomic E-state index is 0.133. The number of nitrogens with two attached hydrogens (primary N) is 1. The number of phenols is 1. The Morgan fingerprint density at radius 2 is 2.14 bits per heavy atom. The van der Waals surface area contributed by atoms with E-state index in [1.807, 2.05) is 25.2 Å². The van der Waals surface area contributed by atoms with Gasteiger partial charge in [-0.15, -0.1) is 0 Å². The van der Waals surface area contributed by atoms with Gasteiger partial charge in [-0.3, -0.25) is 4.90 Å². The van der Waals surface area contributed by atoms with E-state index in [-0.39, 0.29) is 12.1 Å². The lowest BCUT2D eigenvalue weighted by Crippen LogP contribution is -2.29. The third-order valence-corrected chi connectivity index (χ3v) is 2.95. The number of aromatic hydroxyl groups is 1. The van der Waals surface area contributed by atoms with Crippen LogP contribution in [0, 0.1) is 0 Å². The number of likely N-dealkylation sites (N-methyl/N-ethyl adjacent to an activating group) is 1. The van der Waals surface area contributed by atoms with Gasteiger partial charge in [-0.1, -0.05) is 18.2 Å². The predicted octanol–water partition coefficient (Wildman–Crippen LogP) is 1.10. The van der Waals surface area contributed by atoms with Crippen molar-refractivity contribution in [1.29, 1.82) is 0 Å². The Morgan fingerprint density at radius 3 is 2.71 bits per heavy atom. The molecule has 1 aliphatic heterocycles. The van der Waals surface area contributed by atoms with Crippen LogP contribution in [0.25, 0.3) is 0 Å². The van der Waals surface area contributed by atoms with Gasteiger partial charge in [0.15, 0.2) is 0 Å². The molecule has 0 radical (unpaired) electrons. The van der Waals surface area contributed by atoms with Crippen molar-refractivity contribution in [3.05, 3.63) is 29.8 Å². The summed E-state index contributed by atoms with van der Waals surface area (Å²) in [5.74, 6) is 0.349. The molecule has 2 unspecified atom stereocenters. The molecule has 3 N–H and O–H groups in total. The van der Waals surface area contributed by atoms with Gasteiger partial charge in [0.1, 0.15) is 5.75 Å². The van der Waals surface area contributed by atoms with Crippen LogP contribution >= 0.6 is 0 Å². The lowest BCUT2D eigenvalue weighted by molar-refractivity contribution is 0.296. The maximum absolute atomic E-state index is 9.72. The first-order valence-corrected chi connectivity index (χ1v) is 4.94. The van der Waals surface area contributed by atoms with Crippen molar-refractivity contribution in [1.82, 2.24) is 4.90 Å². The standard InChI is InChI=1S/C11H16N2O/c1-13-7-6-9(12)11(13)8-4-2-3-5-10(8)14/h2-5,9,11,14H,6-7,12H2,1H3. The summed E-state index contributed by atoms with van der Waals surface area (Å²) in [7, 11) is 2.05. The van der Waals surface area contributed by atoms with E-state index in [0.29, 0.717) is 5.75 Å². The van der Waals surface area contributed by atoms with Crippen molar-refractivity contribution in [2.45, 2.75) is 18.5 Å². The van der Waals surface area contributed by atoms with Crippen LogP contribution in [0.2, 0.25) is 0 Å². The highest BCUT2D eigenvalue weighted by Gasteiger charge is 2.31. The first-order chi connectivity index (χ1) is 6.70. The summed E-state index contributed by atoms with van der Waals surface area (Å²) in [6, 6.07) is 7.73. The van der Waals surface area contributed by atoms with Gasteiger partial charge in [0.2, 0.25) is 0 Å². The summed E-state index contributed by atoms with van der Waals surface area (Å²) < 4.78 is 0. The van der Waals surface area contributed by atoms with Crippen molar-refractivity contribution >= 4 is 0 Å². The fraction of sp³-hybridized carbons (Fsp3) is 0.455. The van der Waals surface area contributed by atoms with Crippen LogP contribution < -0.4 is 5.73 Å². The van der Waals surface area contributed by atoms with Gasteiger partial charge in [0.05, 0.1) is 6.04 Å². The summed E-state index contributed by atoms with van der Waals surface area (Å²) in [6.07, 6.45) is 0.996. The van der Waals surface area contributed by atoms with Crippen molar-refractivity contribution in [2.75, 3.05) is 13.6 Å². The van der Waals surface area contributed by atoms with Gasteiger partial charge in [0, 0.05) is 18.2 Å². The molecule has 0 bridgehead atoms. The van der Waals surface area contributed by atoms with Crippen molar-refractivity contribution < 1.29 is 5.11 Å². The molecule has 1 aliphatic rings. The van der Waals surface area contributed by atoms with Crippen LogP contribution in [-0.2, 0) is 0 Å². The molecule has 1 heterocycles. The fourth-order valence-corrected chi connectivity index (χ4v) is 2.18. The number of hydrogen-bond acceptors (Lipinski definition) is 3. The maximum atomic E-state index is 9.72. The Kier molecular flexibility index (Phi) is 2.44. The number of likely N-dealkylation sites (tertiary alicyclic amines) is 1. The summed E-state index contributed by atoms with van der Waals surface area (Å²) in [6.45, 7) is 1.00. The first kappa shape index (κ1) is 9.49. The molecule has 76 valence electrons. The molecule has 14 heavy (non-hydrogen) atoms. The Balaban J connectivity index is 2.34. The highest BCUT2D eigenvalue weighted by atomic mass is 16.3. The lowest BCUT2D eigenvalue weighted by Gasteiger charge is -2.23. The quantitative estimate of drug-likeness (QED) is 0.700. The molecular formula is C11H16N2O. The number of benzene rings is 1. The zero-order valence-corrected chi connectivity index (χ0v) is 8.35. The van der Waals surface area contributed by atoms with Crippen molar-refractivity contribution in [3.8, 4) is 5.75 Å². The molecule has 3 heteroatoms. The largest absolute Gasteiger partial charge is 0.508 e. The van der Waals surface area contributed by atoms with Gasteiger partial charge in [-0.2, -0.15) is 0 Å². The predicted molar refractivity (Wildman–Crippen MR) is 56.1 cm³/mol. The van der Waals surface area contributed by atoms with Gasteiger partial charge in [-0.25, -0.2) is 0 Å². The van der Waals surface area contributed by atoms with Crippen LogP contribution in [0.15, 0.2) is 24.3 Å². The van der Waals surface area contributed by atoms with Gasteiger partial charge < -0.3 is 10.8 Å². The third-order valence-electron chi connectivity index (χ3n) is 2.95. The number of hydrogen-bond donors (Lipinski definition) is 2. The van der Waals surface area contributed by atoms with E-state index in [9.17, 15) is 5.11 Å². The van der Waals surface area contributed by atoms with E-state index >= 15 is 0 Å². The molecule has 0 aromatic heterocycles. The van der Waals surface area contributed by atoms with E-state index in [1.165, 1.54) is 0 Å². The van der Waals surface area contributed by atoms with Gasteiger partial charge in [0.25, 0.3) is 0 Å². The second-order valence-electron chi connectivity index (χ2n) is 3.94. The smallest absolute Gasteiger partial charge is 0.120 e. The normalized spacial score (nSPS) is 28.1. The van der Waals surface area contributed by atoms with Crippen LogP contribution in [0.1, 0.15) is 18.0 Å². The molecule has 2 rings (SSSR count). The van der Waals surface area contributed by atoms with Crippen molar-refractivity contribution in [2.24, 2.45) is 5.73 Å². The Morgan fingerprint density at radius 1 is 1.43 bits per heavy atom. The number of rotatable bonds is 1. The van der Waals surface area contributed by atoms with E-state index in [2.05, 4.69) is 4.90 Å². The van der Waals surface area contributed by atoms with E-state index in [0.717, 1.165) is 18.5 Å². The molecule has 1 aromatic carbocycles. The third kappa shape index (κ3) is 1.49. The van der Waals surface area contributed by atoms with Crippen LogP contribution in [-0.4, -0.2) is 29.6 Å². The Bertz CT molecular complexity index is 317. The van der Waals surface area contributed by atoms with Crippen LogP contribution in [0.4, 0.5) is 0 Å². The number of phenolic OH excluding ortho intramolecular Hbond substituents is 1. The summed E-state index contributed by atoms with van der Waals surface area (Å²) >= 11 is 0. The maximum Gasteiger partial charge on any atom is 0.120 e. The molecule has 1 aromatic rings. The number of nitrogens with zero attached hydrogens (tertiary/aromatic N) is 1. The van der Waals surface area contributed by atoms with Crippen LogP contribution in [0.3, 0.4) is 0 Å². The Labute approximate surface area is 84.1 Å². The molecule has 1 saturated heterocycles. The molecule has 0 aliphatic carbocycles. The first-order valence-electron chi connectivity index (χ1n) is 4.94. The number of para-hydroxylation sites is 1. The average Bonchev–Trinajstić information content (AvgIpc) is 2.48. The molecule has 0 amide bonds. The zero-order chi connectivity index (χ0) is 10.1. The molecule has 3 nitrogen and oxygen atoms in total. The lowest BCUT2D eigenvalue weighted by atomic mass is 10.0. The minimum atomic E-state index is 0.133. The molecule has 0 spiro atoms. The van der Waals surface area contributed by atoms with E-state index < -0.39 is 0 Å². The monoisotopic (exact) mass is 192 g/mol. The summed E-state index contributed by atoms with van der Waals surface area (Å²) in [5.41, 5.74) is 6.96.